The van der Waals surface area contributed by atoms with Gasteiger partial charge in [-0.25, -0.2) is 9.97 Å². The molecule has 0 atom stereocenters. The highest BCUT2D eigenvalue weighted by molar-refractivity contribution is 5.76. The van der Waals surface area contributed by atoms with Crippen molar-refractivity contribution in [3.63, 3.8) is 0 Å². The van der Waals surface area contributed by atoms with Gasteiger partial charge in [0.1, 0.15) is 17.5 Å². The number of rotatable bonds is 8. The molecule has 0 spiro atoms. The summed E-state index contributed by atoms with van der Waals surface area (Å²) in [5, 5.41) is 9.26. The Morgan fingerprint density at radius 2 is 1.76 bits per heavy atom. The Bertz CT molecular complexity index is 459. The Kier molecular flexibility index (Phi) is 6.91. The van der Waals surface area contributed by atoms with Crippen LogP contribution in [0.2, 0.25) is 0 Å². The molecule has 21 heavy (non-hydrogen) atoms. The van der Waals surface area contributed by atoms with E-state index in [2.05, 4.69) is 39.8 Å². The van der Waals surface area contributed by atoms with Crippen LogP contribution >= 0.6 is 0 Å². The maximum Gasteiger partial charge on any atom is 0.221 e. The second kappa shape index (κ2) is 8.44. The summed E-state index contributed by atoms with van der Waals surface area (Å²) >= 11 is 0. The lowest BCUT2D eigenvalue weighted by Crippen LogP contribution is -2.31. The quantitative estimate of drug-likeness (QED) is 0.685. The lowest BCUT2D eigenvalue weighted by molar-refractivity contribution is -0.121. The zero-order valence-electron chi connectivity index (χ0n) is 13.7. The molecule has 118 valence electrons. The van der Waals surface area contributed by atoms with Gasteiger partial charge in [0.25, 0.3) is 0 Å². The molecule has 1 aromatic rings. The van der Waals surface area contributed by atoms with Gasteiger partial charge in [0.15, 0.2) is 0 Å². The maximum absolute atomic E-state index is 11.6. The van der Waals surface area contributed by atoms with Gasteiger partial charge in [0.2, 0.25) is 5.91 Å². The summed E-state index contributed by atoms with van der Waals surface area (Å²) in [5.74, 6) is 2.66. The van der Waals surface area contributed by atoms with Crippen LogP contribution in [0.3, 0.4) is 0 Å². The maximum atomic E-state index is 11.6. The number of nitrogens with one attached hydrogen (secondary N) is 3. The van der Waals surface area contributed by atoms with Crippen molar-refractivity contribution >= 4 is 17.5 Å². The number of anilines is 2. The van der Waals surface area contributed by atoms with E-state index in [0.29, 0.717) is 13.0 Å². The van der Waals surface area contributed by atoms with Crippen molar-refractivity contribution < 1.29 is 4.79 Å². The van der Waals surface area contributed by atoms with E-state index < -0.39 is 0 Å². The van der Waals surface area contributed by atoms with Crippen LogP contribution in [0.25, 0.3) is 0 Å². The minimum atomic E-state index is 0.0440. The van der Waals surface area contributed by atoms with E-state index in [1.54, 1.807) is 0 Å². The van der Waals surface area contributed by atoms with Crippen molar-refractivity contribution in [1.29, 1.82) is 0 Å². The average molecular weight is 293 g/mol. The van der Waals surface area contributed by atoms with Gasteiger partial charge in [-0.05, 0) is 20.8 Å². The van der Waals surface area contributed by atoms with Gasteiger partial charge in [-0.15, -0.1) is 0 Å². The van der Waals surface area contributed by atoms with Gasteiger partial charge >= 0.3 is 0 Å². The highest BCUT2D eigenvalue weighted by Gasteiger charge is 2.08. The number of hydrogen-bond donors (Lipinski definition) is 3. The molecule has 0 saturated heterocycles. The van der Waals surface area contributed by atoms with Crippen molar-refractivity contribution in [2.24, 2.45) is 0 Å². The van der Waals surface area contributed by atoms with Gasteiger partial charge in [0, 0.05) is 37.5 Å². The van der Waals surface area contributed by atoms with Gasteiger partial charge in [0.05, 0.1) is 0 Å². The summed E-state index contributed by atoms with van der Waals surface area (Å²) in [6, 6.07) is 2.04. The van der Waals surface area contributed by atoms with Crippen LogP contribution in [0.5, 0.6) is 0 Å². The van der Waals surface area contributed by atoms with Crippen molar-refractivity contribution in [1.82, 2.24) is 15.3 Å². The summed E-state index contributed by atoms with van der Waals surface area (Å²) < 4.78 is 0. The molecule has 1 amide bonds. The first kappa shape index (κ1) is 17.2. The first-order valence-electron chi connectivity index (χ1n) is 7.58. The molecule has 0 aliphatic rings. The van der Waals surface area contributed by atoms with Crippen LogP contribution in [0.1, 0.15) is 52.8 Å². The normalized spacial score (nSPS) is 10.8. The monoisotopic (exact) mass is 293 g/mol. The number of carbonyl (C=O) groups is 1. The number of carbonyl (C=O) groups excluding carboxylic acids is 1. The van der Waals surface area contributed by atoms with Crippen LogP contribution in [0.4, 0.5) is 11.6 Å². The first-order valence-corrected chi connectivity index (χ1v) is 7.58. The Hall–Kier alpha value is -1.85. The predicted octanol–water partition coefficient (Wildman–Crippen LogP) is 2.36. The molecule has 3 N–H and O–H groups in total. The fraction of sp³-hybridized carbons (Fsp3) is 0.667. The zero-order chi connectivity index (χ0) is 15.8. The molecule has 0 aliphatic carbocycles. The molecule has 0 radical (unpaired) electrons. The second-order valence-electron chi connectivity index (χ2n) is 5.58. The summed E-state index contributed by atoms with van der Waals surface area (Å²) in [5.41, 5.74) is 0. The van der Waals surface area contributed by atoms with E-state index in [-0.39, 0.29) is 17.9 Å². The number of aromatic nitrogens is 2. The van der Waals surface area contributed by atoms with Gasteiger partial charge < -0.3 is 16.0 Å². The standard InChI is InChI=1S/C15H27N5O/c1-6-16-12-9-13(20-15(19-12)10(2)3)17-8-7-14(21)18-11(4)5/h9-11H,6-8H2,1-5H3,(H,18,21)(H2,16,17,19,20). The molecule has 0 fully saturated rings. The topological polar surface area (TPSA) is 78.9 Å². The highest BCUT2D eigenvalue weighted by atomic mass is 16.1. The summed E-state index contributed by atoms with van der Waals surface area (Å²) in [6.07, 6.45) is 0.426. The number of amides is 1. The van der Waals surface area contributed by atoms with Crippen molar-refractivity contribution in [3.05, 3.63) is 11.9 Å². The smallest absolute Gasteiger partial charge is 0.221 e. The lowest BCUT2D eigenvalue weighted by Gasteiger charge is -2.12. The van der Waals surface area contributed by atoms with E-state index in [1.807, 2.05) is 26.8 Å². The second-order valence-corrected chi connectivity index (χ2v) is 5.58. The van der Waals surface area contributed by atoms with Gasteiger partial charge in [-0.3, -0.25) is 4.79 Å². The van der Waals surface area contributed by atoms with Crippen molar-refractivity contribution in [2.75, 3.05) is 23.7 Å². The molecule has 0 aliphatic heterocycles. The van der Waals surface area contributed by atoms with Crippen LogP contribution in [0.15, 0.2) is 6.07 Å². The minimum Gasteiger partial charge on any atom is -0.370 e. The van der Waals surface area contributed by atoms with E-state index >= 15 is 0 Å². The Morgan fingerprint density at radius 3 is 2.29 bits per heavy atom. The predicted molar refractivity (Wildman–Crippen MR) is 86.7 cm³/mol. The molecule has 0 bridgehead atoms. The minimum absolute atomic E-state index is 0.0440. The van der Waals surface area contributed by atoms with Crippen LogP contribution in [-0.2, 0) is 4.79 Å². The van der Waals surface area contributed by atoms with E-state index in [0.717, 1.165) is 24.0 Å². The Morgan fingerprint density at radius 1 is 1.14 bits per heavy atom. The molecule has 1 heterocycles. The van der Waals surface area contributed by atoms with Crippen LogP contribution < -0.4 is 16.0 Å². The lowest BCUT2D eigenvalue weighted by atomic mass is 10.2. The van der Waals surface area contributed by atoms with Gasteiger partial charge in [-0.2, -0.15) is 0 Å². The largest absolute Gasteiger partial charge is 0.370 e. The zero-order valence-corrected chi connectivity index (χ0v) is 13.7. The van der Waals surface area contributed by atoms with Crippen LogP contribution in [0, 0.1) is 0 Å². The molecule has 0 unspecified atom stereocenters. The molecular formula is C15H27N5O. The molecule has 6 nitrogen and oxygen atoms in total. The van der Waals surface area contributed by atoms with E-state index in [4.69, 9.17) is 0 Å². The molecular weight excluding hydrogens is 266 g/mol. The molecule has 1 aromatic heterocycles. The molecule has 0 saturated carbocycles. The SMILES string of the molecule is CCNc1cc(NCCC(=O)NC(C)C)nc(C(C)C)n1. The summed E-state index contributed by atoms with van der Waals surface area (Å²) in [7, 11) is 0. The van der Waals surface area contributed by atoms with Crippen LogP contribution in [-0.4, -0.2) is 35.0 Å². The van der Waals surface area contributed by atoms with Crippen molar-refractivity contribution in [2.45, 2.75) is 53.0 Å². The third kappa shape index (κ3) is 6.42. The molecule has 6 heteroatoms. The van der Waals surface area contributed by atoms with Gasteiger partial charge in [-0.1, -0.05) is 13.8 Å². The fourth-order valence-corrected chi connectivity index (χ4v) is 1.78. The third-order valence-electron chi connectivity index (χ3n) is 2.73. The number of nitrogens with zero attached hydrogens (tertiary/aromatic N) is 2. The van der Waals surface area contributed by atoms with E-state index in [9.17, 15) is 4.79 Å². The van der Waals surface area contributed by atoms with E-state index in [1.165, 1.54) is 0 Å². The highest BCUT2D eigenvalue weighted by Crippen LogP contribution is 2.16. The Balaban J connectivity index is 2.63. The summed E-state index contributed by atoms with van der Waals surface area (Å²) in [6.45, 7) is 11.4. The molecule has 0 aromatic carbocycles. The van der Waals surface area contributed by atoms with Crippen molar-refractivity contribution in [3.8, 4) is 0 Å². The average Bonchev–Trinajstić information content (AvgIpc) is 2.37. The molecule has 1 rings (SSSR count). The Labute approximate surface area is 127 Å². The third-order valence-corrected chi connectivity index (χ3v) is 2.73. The fourth-order valence-electron chi connectivity index (χ4n) is 1.78. The number of hydrogen-bond acceptors (Lipinski definition) is 5. The first-order chi connectivity index (χ1) is 9.92. The summed E-state index contributed by atoms with van der Waals surface area (Å²) in [4.78, 5) is 20.5.